The highest BCUT2D eigenvalue weighted by Crippen LogP contribution is 2.11. The Balaban J connectivity index is 0.000000450. The van der Waals surface area contributed by atoms with E-state index in [1.165, 1.54) is 0 Å². The second-order valence-corrected chi connectivity index (χ2v) is 5.31. The van der Waals surface area contributed by atoms with Crippen LogP contribution in [0.1, 0.15) is 23.2 Å². The Kier molecular flexibility index (Phi) is 9.88. The molecule has 0 amide bonds. The summed E-state index contributed by atoms with van der Waals surface area (Å²) in [6.45, 7) is 5.67. The number of carboxylic acids is 2. The van der Waals surface area contributed by atoms with E-state index in [0.29, 0.717) is 5.56 Å². The van der Waals surface area contributed by atoms with Gasteiger partial charge in [-0.2, -0.15) is 0 Å². The summed E-state index contributed by atoms with van der Waals surface area (Å²) in [5.74, 6) is -2.82. The minimum Gasteiger partial charge on any atom is -0.494 e. The SMILES string of the molecule is O=C(O)C(=O)O.O=Cc1ccc(OCCCCN2CCOCC2)cc1. The second-order valence-electron chi connectivity index (χ2n) is 5.31. The van der Waals surface area contributed by atoms with E-state index in [1.807, 2.05) is 12.1 Å². The van der Waals surface area contributed by atoms with Gasteiger partial charge in [-0.1, -0.05) is 0 Å². The first kappa shape index (κ1) is 20.6. The fourth-order valence-corrected chi connectivity index (χ4v) is 2.09. The lowest BCUT2D eigenvalue weighted by molar-refractivity contribution is -0.159. The number of ether oxygens (including phenoxy) is 2. The van der Waals surface area contributed by atoms with Gasteiger partial charge in [0.1, 0.15) is 12.0 Å². The molecule has 1 saturated heterocycles. The Bertz CT molecular complexity index is 526. The monoisotopic (exact) mass is 353 g/mol. The molecule has 8 nitrogen and oxygen atoms in total. The van der Waals surface area contributed by atoms with Crippen LogP contribution in [0.2, 0.25) is 0 Å². The molecule has 1 fully saturated rings. The summed E-state index contributed by atoms with van der Waals surface area (Å²) in [6, 6.07) is 7.23. The average molecular weight is 353 g/mol. The fraction of sp³-hybridized carbons (Fsp3) is 0.471. The van der Waals surface area contributed by atoms with Crippen LogP contribution in [-0.2, 0) is 14.3 Å². The summed E-state index contributed by atoms with van der Waals surface area (Å²) in [4.78, 5) is 31.1. The van der Waals surface area contributed by atoms with Gasteiger partial charge < -0.3 is 19.7 Å². The highest BCUT2D eigenvalue weighted by Gasteiger charge is 2.09. The van der Waals surface area contributed by atoms with Crippen molar-refractivity contribution in [3.63, 3.8) is 0 Å². The zero-order valence-corrected chi connectivity index (χ0v) is 13.9. The molecule has 0 radical (unpaired) electrons. The molecule has 1 aromatic rings. The lowest BCUT2D eigenvalue weighted by atomic mass is 10.2. The van der Waals surface area contributed by atoms with Gasteiger partial charge in [0.15, 0.2) is 0 Å². The standard InChI is InChI=1S/C15H21NO3.C2H2O4/c17-13-14-3-5-15(6-4-14)19-10-2-1-7-16-8-11-18-12-9-16;3-1(4)2(5)6/h3-6,13H,1-2,7-12H2;(H,3,4)(H,5,6). The van der Waals surface area contributed by atoms with Crippen molar-refractivity contribution in [2.24, 2.45) is 0 Å². The van der Waals surface area contributed by atoms with Gasteiger partial charge in [-0.15, -0.1) is 0 Å². The number of hydrogen-bond donors (Lipinski definition) is 2. The maximum atomic E-state index is 10.5. The highest BCUT2D eigenvalue weighted by molar-refractivity contribution is 6.27. The Hall–Kier alpha value is -2.45. The van der Waals surface area contributed by atoms with Crippen LogP contribution in [0.5, 0.6) is 5.75 Å². The molecule has 0 atom stereocenters. The Morgan fingerprint density at radius 3 is 2.20 bits per heavy atom. The lowest BCUT2D eigenvalue weighted by Gasteiger charge is -2.26. The van der Waals surface area contributed by atoms with Gasteiger partial charge in [0.05, 0.1) is 19.8 Å². The summed E-state index contributed by atoms with van der Waals surface area (Å²) < 4.78 is 10.9. The number of carbonyl (C=O) groups is 3. The molecule has 0 saturated carbocycles. The first-order valence-corrected chi connectivity index (χ1v) is 7.97. The molecule has 0 spiro atoms. The zero-order chi connectivity index (χ0) is 18.5. The first-order valence-electron chi connectivity index (χ1n) is 7.97. The molecule has 0 unspecified atom stereocenters. The average Bonchev–Trinajstić information content (AvgIpc) is 2.63. The van der Waals surface area contributed by atoms with E-state index in [9.17, 15) is 4.79 Å². The predicted octanol–water partition coefficient (Wildman–Crippen LogP) is 1.15. The van der Waals surface area contributed by atoms with Crippen LogP contribution in [0.15, 0.2) is 24.3 Å². The molecule has 25 heavy (non-hydrogen) atoms. The largest absolute Gasteiger partial charge is 0.494 e. The Labute approximate surface area is 146 Å². The number of unbranched alkanes of at least 4 members (excludes halogenated alkanes) is 1. The summed E-state index contributed by atoms with van der Waals surface area (Å²) in [5.41, 5.74) is 0.680. The molecule has 1 aromatic carbocycles. The molecular weight excluding hydrogens is 330 g/mol. The maximum Gasteiger partial charge on any atom is 0.414 e. The van der Waals surface area contributed by atoms with E-state index in [-0.39, 0.29) is 0 Å². The van der Waals surface area contributed by atoms with Gasteiger partial charge in [0.25, 0.3) is 0 Å². The minimum absolute atomic E-state index is 0.680. The molecule has 2 rings (SSSR count). The minimum atomic E-state index is -1.82. The van der Waals surface area contributed by atoms with Gasteiger partial charge >= 0.3 is 11.9 Å². The van der Waals surface area contributed by atoms with Crippen LogP contribution in [0.4, 0.5) is 0 Å². The number of aliphatic carboxylic acids is 2. The van der Waals surface area contributed by atoms with Crippen molar-refractivity contribution >= 4 is 18.2 Å². The molecule has 0 aliphatic carbocycles. The van der Waals surface area contributed by atoms with Gasteiger partial charge in [-0.25, -0.2) is 9.59 Å². The number of benzene rings is 1. The van der Waals surface area contributed by atoms with Crippen molar-refractivity contribution in [1.29, 1.82) is 0 Å². The van der Waals surface area contributed by atoms with Crippen molar-refractivity contribution in [3.05, 3.63) is 29.8 Å². The Morgan fingerprint density at radius 1 is 1.08 bits per heavy atom. The van der Waals surface area contributed by atoms with Crippen molar-refractivity contribution < 1.29 is 34.1 Å². The van der Waals surface area contributed by atoms with E-state index >= 15 is 0 Å². The molecule has 0 aromatic heterocycles. The van der Waals surface area contributed by atoms with Crippen LogP contribution in [0, 0.1) is 0 Å². The summed E-state index contributed by atoms with van der Waals surface area (Å²) in [5, 5.41) is 14.8. The van der Waals surface area contributed by atoms with E-state index in [1.54, 1.807) is 12.1 Å². The molecule has 0 bridgehead atoms. The number of carboxylic acid groups (broad SMARTS) is 2. The van der Waals surface area contributed by atoms with E-state index in [0.717, 1.165) is 64.3 Å². The molecule has 8 heteroatoms. The van der Waals surface area contributed by atoms with E-state index in [2.05, 4.69) is 4.90 Å². The van der Waals surface area contributed by atoms with E-state index in [4.69, 9.17) is 29.3 Å². The Morgan fingerprint density at radius 2 is 1.68 bits per heavy atom. The smallest absolute Gasteiger partial charge is 0.414 e. The maximum absolute atomic E-state index is 10.5. The third kappa shape index (κ3) is 9.43. The quantitative estimate of drug-likeness (QED) is 0.426. The number of rotatable bonds is 7. The molecule has 2 N–H and O–H groups in total. The van der Waals surface area contributed by atoms with Crippen LogP contribution in [0.3, 0.4) is 0 Å². The van der Waals surface area contributed by atoms with Gasteiger partial charge in [0.2, 0.25) is 0 Å². The number of aldehydes is 1. The molecule has 1 heterocycles. The zero-order valence-electron chi connectivity index (χ0n) is 13.9. The normalized spacial score (nSPS) is 14.1. The molecule has 1 aliphatic heterocycles. The molecule has 138 valence electrons. The second kappa shape index (κ2) is 12.0. The molecule has 1 aliphatic rings. The van der Waals surface area contributed by atoms with Crippen molar-refractivity contribution in [2.45, 2.75) is 12.8 Å². The van der Waals surface area contributed by atoms with Crippen molar-refractivity contribution in [3.8, 4) is 5.75 Å². The van der Waals surface area contributed by atoms with Crippen LogP contribution in [-0.4, -0.2) is 72.8 Å². The van der Waals surface area contributed by atoms with Crippen molar-refractivity contribution in [2.75, 3.05) is 39.5 Å². The molecular formula is C17H23NO7. The third-order valence-corrected chi connectivity index (χ3v) is 3.44. The summed E-state index contributed by atoms with van der Waals surface area (Å²) in [6.07, 6.45) is 3.03. The van der Waals surface area contributed by atoms with Crippen LogP contribution >= 0.6 is 0 Å². The first-order chi connectivity index (χ1) is 12.0. The number of carbonyl (C=O) groups excluding carboxylic acids is 1. The van der Waals surface area contributed by atoms with Crippen LogP contribution in [0.25, 0.3) is 0 Å². The fourth-order valence-electron chi connectivity index (χ4n) is 2.09. The van der Waals surface area contributed by atoms with Crippen LogP contribution < -0.4 is 4.74 Å². The van der Waals surface area contributed by atoms with Gasteiger partial charge in [-0.3, -0.25) is 9.69 Å². The summed E-state index contributed by atoms with van der Waals surface area (Å²) in [7, 11) is 0. The number of hydrogen-bond acceptors (Lipinski definition) is 6. The third-order valence-electron chi connectivity index (χ3n) is 3.44. The highest BCUT2D eigenvalue weighted by atomic mass is 16.5. The van der Waals surface area contributed by atoms with Gasteiger partial charge in [0, 0.05) is 18.7 Å². The predicted molar refractivity (Wildman–Crippen MR) is 89.1 cm³/mol. The topological polar surface area (TPSA) is 113 Å². The summed E-state index contributed by atoms with van der Waals surface area (Å²) >= 11 is 0. The van der Waals surface area contributed by atoms with Crippen molar-refractivity contribution in [1.82, 2.24) is 4.90 Å². The van der Waals surface area contributed by atoms with E-state index < -0.39 is 11.9 Å². The number of morpholine rings is 1. The number of nitrogens with zero attached hydrogens (tertiary/aromatic N) is 1. The van der Waals surface area contributed by atoms with Gasteiger partial charge in [-0.05, 0) is 43.7 Å². The lowest BCUT2D eigenvalue weighted by Crippen LogP contribution is -2.36.